The van der Waals surface area contributed by atoms with Gasteiger partial charge in [-0.3, -0.25) is 0 Å². The Labute approximate surface area is 188 Å². The van der Waals surface area contributed by atoms with Gasteiger partial charge in [0.25, 0.3) is 0 Å². The number of nitrogens with zero attached hydrogens (tertiary/aromatic N) is 2. The first-order chi connectivity index (χ1) is 15.6. The molecule has 0 fully saturated rings. The van der Waals surface area contributed by atoms with Crippen molar-refractivity contribution < 1.29 is 26.3 Å². The maximum atomic E-state index is 12.8. The summed E-state index contributed by atoms with van der Waals surface area (Å²) in [4.78, 5) is 8.96. The lowest BCUT2D eigenvalue weighted by Crippen LogP contribution is -2.05. The summed E-state index contributed by atoms with van der Waals surface area (Å²) >= 11 is 1.24. The summed E-state index contributed by atoms with van der Waals surface area (Å²) in [6.45, 7) is 0. The second kappa shape index (κ2) is 8.93. The maximum Gasteiger partial charge on any atom is 0.416 e. The summed E-state index contributed by atoms with van der Waals surface area (Å²) in [7, 11) is 0. The summed E-state index contributed by atoms with van der Waals surface area (Å²) < 4.78 is 76.6. The Morgan fingerprint density at radius 2 is 1.27 bits per heavy atom. The van der Waals surface area contributed by atoms with Crippen LogP contribution < -0.4 is 5.32 Å². The molecule has 0 amide bonds. The van der Waals surface area contributed by atoms with Gasteiger partial charge in [-0.2, -0.15) is 26.3 Å². The van der Waals surface area contributed by atoms with E-state index in [-0.39, 0.29) is 0 Å². The second-order valence-corrected chi connectivity index (χ2v) is 8.00. The molecule has 1 N–H and O–H groups in total. The van der Waals surface area contributed by atoms with Crippen LogP contribution in [0.2, 0.25) is 0 Å². The fourth-order valence-electron chi connectivity index (χ4n) is 3.03. The molecule has 0 aliphatic heterocycles. The largest absolute Gasteiger partial charge is 0.416 e. The minimum absolute atomic E-state index is 0.343. The Hall–Kier alpha value is -3.27. The van der Waals surface area contributed by atoms with Crippen molar-refractivity contribution in [3.05, 3.63) is 89.5 Å². The quantitative estimate of drug-likeness (QED) is 0.181. The van der Waals surface area contributed by atoms with Crippen LogP contribution in [0.3, 0.4) is 0 Å². The average Bonchev–Trinajstić information content (AvgIpc) is 2.77. The van der Waals surface area contributed by atoms with E-state index in [0.29, 0.717) is 38.9 Å². The summed E-state index contributed by atoms with van der Waals surface area (Å²) in [6.07, 6.45) is -8.83. The molecule has 3 nitrogen and oxygen atoms in total. The van der Waals surface area contributed by atoms with Gasteiger partial charge in [-0.05, 0) is 54.1 Å². The molecule has 0 unspecified atom stereocenters. The molecule has 0 saturated heterocycles. The van der Waals surface area contributed by atoms with Crippen molar-refractivity contribution in [2.24, 2.45) is 0 Å². The lowest BCUT2D eigenvalue weighted by molar-refractivity contribution is -0.138. The van der Waals surface area contributed by atoms with E-state index >= 15 is 0 Å². The summed E-state index contributed by atoms with van der Waals surface area (Å²) in [5.74, 6) is 0.756. The number of fused-ring (bicyclic) bond motifs is 1. The zero-order chi connectivity index (χ0) is 23.6. The number of alkyl halides is 6. The van der Waals surface area contributed by atoms with Crippen molar-refractivity contribution in [2.45, 2.75) is 23.3 Å². The van der Waals surface area contributed by atoms with Crippen molar-refractivity contribution >= 4 is 34.2 Å². The topological polar surface area (TPSA) is 37.8 Å². The van der Waals surface area contributed by atoms with Crippen molar-refractivity contribution in [1.29, 1.82) is 0 Å². The Balaban J connectivity index is 1.56. The molecule has 33 heavy (non-hydrogen) atoms. The molecule has 1 aromatic heterocycles. The highest BCUT2D eigenvalue weighted by atomic mass is 32.2. The number of benzene rings is 3. The number of para-hydroxylation sites is 1. The molecule has 0 aliphatic carbocycles. The van der Waals surface area contributed by atoms with E-state index in [1.807, 2.05) is 0 Å². The molecule has 0 aliphatic rings. The van der Waals surface area contributed by atoms with Gasteiger partial charge in [-0.15, -0.1) is 0 Å². The zero-order valence-electron chi connectivity index (χ0n) is 16.7. The summed E-state index contributed by atoms with van der Waals surface area (Å²) in [6, 6.07) is 16.6. The van der Waals surface area contributed by atoms with Gasteiger partial charge in [0.15, 0.2) is 5.16 Å². The van der Waals surface area contributed by atoms with Gasteiger partial charge in [0.2, 0.25) is 0 Å². The molecule has 10 heteroatoms. The van der Waals surface area contributed by atoms with Crippen LogP contribution in [0.5, 0.6) is 0 Å². The van der Waals surface area contributed by atoms with Crippen LogP contribution in [0.15, 0.2) is 78.0 Å². The highest BCUT2D eigenvalue weighted by Gasteiger charge is 2.30. The molecule has 0 atom stereocenters. The van der Waals surface area contributed by atoms with Crippen molar-refractivity contribution in [2.75, 3.05) is 5.32 Å². The molecule has 4 aromatic rings. The number of rotatable bonds is 5. The molecule has 0 spiro atoms. The van der Waals surface area contributed by atoms with E-state index in [0.717, 1.165) is 24.3 Å². The predicted octanol–water partition coefficient (Wildman–Crippen LogP) is 7.70. The van der Waals surface area contributed by atoms with Crippen LogP contribution in [-0.2, 0) is 18.1 Å². The maximum absolute atomic E-state index is 12.8. The van der Waals surface area contributed by atoms with Gasteiger partial charge < -0.3 is 5.32 Å². The highest BCUT2D eigenvalue weighted by Crippen LogP contribution is 2.33. The Bertz CT molecular complexity index is 1250. The van der Waals surface area contributed by atoms with Gasteiger partial charge in [0.05, 0.1) is 16.6 Å². The Morgan fingerprint density at radius 3 is 1.88 bits per heavy atom. The van der Waals surface area contributed by atoms with Crippen LogP contribution in [0.25, 0.3) is 10.9 Å². The van der Waals surface area contributed by atoms with Crippen LogP contribution in [-0.4, -0.2) is 9.97 Å². The van der Waals surface area contributed by atoms with Gasteiger partial charge in [0.1, 0.15) is 5.82 Å². The van der Waals surface area contributed by atoms with E-state index in [2.05, 4.69) is 15.3 Å². The van der Waals surface area contributed by atoms with Crippen molar-refractivity contribution in [1.82, 2.24) is 9.97 Å². The van der Waals surface area contributed by atoms with Crippen molar-refractivity contribution in [3.8, 4) is 0 Å². The van der Waals surface area contributed by atoms with Crippen LogP contribution in [0.4, 0.5) is 37.8 Å². The molecular formula is C23H15F6N3S. The first-order valence-electron chi connectivity index (χ1n) is 9.59. The Morgan fingerprint density at radius 1 is 0.697 bits per heavy atom. The molecule has 1 heterocycles. The normalized spacial score (nSPS) is 12.2. The first kappa shape index (κ1) is 22.9. The smallest absolute Gasteiger partial charge is 0.340 e. The summed E-state index contributed by atoms with van der Waals surface area (Å²) in [5.41, 5.74) is 0.235. The number of thioether (sulfide) groups is 1. The second-order valence-electron chi connectivity index (χ2n) is 7.06. The lowest BCUT2D eigenvalue weighted by atomic mass is 10.1. The number of hydrogen-bond donors (Lipinski definition) is 1. The molecular weight excluding hydrogens is 464 g/mol. The van der Waals surface area contributed by atoms with Crippen LogP contribution in [0, 0.1) is 0 Å². The van der Waals surface area contributed by atoms with E-state index in [9.17, 15) is 26.3 Å². The zero-order valence-corrected chi connectivity index (χ0v) is 17.5. The lowest BCUT2D eigenvalue weighted by Gasteiger charge is -2.12. The van der Waals surface area contributed by atoms with Crippen molar-refractivity contribution in [3.63, 3.8) is 0 Å². The van der Waals surface area contributed by atoms with E-state index in [1.54, 1.807) is 24.3 Å². The Kier molecular flexibility index (Phi) is 6.20. The van der Waals surface area contributed by atoms with E-state index in [1.165, 1.54) is 36.0 Å². The molecule has 0 saturated carbocycles. The van der Waals surface area contributed by atoms with Crippen LogP contribution in [0.1, 0.15) is 16.7 Å². The monoisotopic (exact) mass is 479 g/mol. The molecule has 3 aromatic carbocycles. The number of anilines is 2. The van der Waals surface area contributed by atoms with E-state index < -0.39 is 23.5 Å². The van der Waals surface area contributed by atoms with Crippen LogP contribution >= 0.6 is 11.8 Å². The fraction of sp³-hybridized carbons (Fsp3) is 0.130. The average molecular weight is 479 g/mol. The third-order valence-corrected chi connectivity index (χ3v) is 5.63. The predicted molar refractivity (Wildman–Crippen MR) is 115 cm³/mol. The standard InChI is InChI=1S/C23H15F6N3S/c24-22(25,26)15-7-5-14(6-8-15)13-33-21-31-19-4-2-1-3-18(19)20(32-21)30-17-11-9-16(10-12-17)23(27,28)29/h1-12H,13H2,(H,30,31,32). The minimum Gasteiger partial charge on any atom is -0.340 e. The third-order valence-electron chi connectivity index (χ3n) is 4.71. The molecule has 0 bridgehead atoms. The SMILES string of the molecule is FC(F)(F)c1ccc(CSc2nc(Nc3ccc(C(F)(F)F)cc3)c3ccccc3n2)cc1. The molecule has 0 radical (unpaired) electrons. The summed E-state index contributed by atoms with van der Waals surface area (Å²) in [5, 5.41) is 4.09. The fourth-order valence-corrected chi connectivity index (χ4v) is 3.84. The van der Waals surface area contributed by atoms with E-state index in [4.69, 9.17) is 0 Å². The number of nitrogens with one attached hydrogen (secondary N) is 1. The minimum atomic E-state index is -4.43. The molecule has 170 valence electrons. The van der Waals surface area contributed by atoms with Gasteiger partial charge in [0, 0.05) is 16.8 Å². The first-order valence-corrected chi connectivity index (χ1v) is 10.6. The molecule has 4 rings (SSSR count). The number of halogens is 6. The van der Waals surface area contributed by atoms with Gasteiger partial charge in [-0.1, -0.05) is 36.0 Å². The number of aromatic nitrogens is 2. The highest BCUT2D eigenvalue weighted by molar-refractivity contribution is 7.98. The van der Waals surface area contributed by atoms with Gasteiger partial charge >= 0.3 is 12.4 Å². The third kappa shape index (κ3) is 5.57. The number of hydrogen-bond acceptors (Lipinski definition) is 4. The van der Waals surface area contributed by atoms with Gasteiger partial charge in [-0.25, -0.2) is 9.97 Å².